The van der Waals surface area contributed by atoms with Crippen molar-refractivity contribution in [2.75, 3.05) is 5.32 Å². The molecule has 0 bridgehead atoms. The number of aromatic nitrogens is 3. The van der Waals surface area contributed by atoms with Gasteiger partial charge in [0.1, 0.15) is 5.69 Å². The second-order valence-corrected chi connectivity index (χ2v) is 4.90. The first kappa shape index (κ1) is 13.5. The Morgan fingerprint density at radius 2 is 2.11 bits per heavy atom. The van der Waals surface area contributed by atoms with Gasteiger partial charge in [0.15, 0.2) is 5.82 Å². The molecule has 7 heteroatoms. The van der Waals surface area contributed by atoms with E-state index in [1.54, 1.807) is 25.4 Å². The van der Waals surface area contributed by atoms with E-state index in [1.807, 2.05) is 6.92 Å². The molecule has 2 heterocycles. The summed E-state index contributed by atoms with van der Waals surface area (Å²) in [4.78, 5) is 23.4. The highest BCUT2D eigenvalue weighted by molar-refractivity contribution is 9.10. The second-order valence-electron chi connectivity index (χ2n) is 3.99. The van der Waals surface area contributed by atoms with Crippen LogP contribution in [-0.4, -0.2) is 14.3 Å². The Kier molecular flexibility index (Phi) is 3.84. The van der Waals surface area contributed by atoms with Crippen LogP contribution in [0.1, 0.15) is 6.92 Å². The van der Waals surface area contributed by atoms with Gasteiger partial charge in [0, 0.05) is 30.3 Å². The third-order valence-electron chi connectivity index (χ3n) is 2.58. The Morgan fingerprint density at radius 1 is 1.37 bits per heavy atom. The maximum atomic E-state index is 11.9. The van der Waals surface area contributed by atoms with Crippen molar-refractivity contribution in [2.24, 2.45) is 7.05 Å². The molecule has 0 spiro atoms. The average Bonchev–Trinajstić information content (AvgIpc) is 2.37. The van der Waals surface area contributed by atoms with Crippen LogP contribution in [0.3, 0.4) is 0 Å². The van der Waals surface area contributed by atoms with E-state index in [1.165, 1.54) is 15.3 Å². The van der Waals surface area contributed by atoms with Crippen LogP contribution in [0.4, 0.5) is 11.5 Å². The number of hydrogen-bond acceptors (Lipinski definition) is 4. The largest absolute Gasteiger partial charge is 0.334 e. The van der Waals surface area contributed by atoms with Crippen molar-refractivity contribution >= 4 is 27.4 Å². The molecule has 2 aromatic rings. The molecule has 0 aliphatic carbocycles. The normalized spacial score (nSPS) is 10.5. The lowest BCUT2D eigenvalue weighted by Crippen LogP contribution is -2.23. The topological polar surface area (TPSA) is 68.9 Å². The van der Waals surface area contributed by atoms with Gasteiger partial charge in [-0.1, -0.05) is 0 Å². The molecule has 0 amide bonds. The van der Waals surface area contributed by atoms with Gasteiger partial charge in [-0.25, -0.2) is 4.68 Å². The van der Waals surface area contributed by atoms with E-state index in [4.69, 9.17) is 0 Å². The highest BCUT2D eigenvalue weighted by Crippen LogP contribution is 2.14. The van der Waals surface area contributed by atoms with Gasteiger partial charge >= 0.3 is 0 Å². The summed E-state index contributed by atoms with van der Waals surface area (Å²) in [6.45, 7) is 2.31. The van der Waals surface area contributed by atoms with Crippen molar-refractivity contribution in [1.82, 2.24) is 14.3 Å². The van der Waals surface area contributed by atoms with Crippen molar-refractivity contribution in [1.29, 1.82) is 0 Å². The van der Waals surface area contributed by atoms with Crippen molar-refractivity contribution in [2.45, 2.75) is 13.5 Å². The molecule has 0 fully saturated rings. The standard InChI is InChI=1S/C12H13BrN4O2/c1-3-17-11(18)5-4-10(15-17)14-9-6-8(13)7-16(2)12(9)19/h4-7H,3H2,1-2H3,(H,14,15). The van der Waals surface area contributed by atoms with E-state index in [-0.39, 0.29) is 11.1 Å². The number of nitrogens with one attached hydrogen (secondary N) is 1. The summed E-state index contributed by atoms with van der Waals surface area (Å²) in [5, 5.41) is 7.04. The van der Waals surface area contributed by atoms with E-state index in [9.17, 15) is 9.59 Å². The van der Waals surface area contributed by atoms with E-state index < -0.39 is 0 Å². The monoisotopic (exact) mass is 324 g/mol. The van der Waals surface area contributed by atoms with Gasteiger partial charge in [-0.15, -0.1) is 0 Å². The minimum absolute atomic E-state index is 0.167. The molecule has 0 aliphatic heterocycles. The van der Waals surface area contributed by atoms with E-state index >= 15 is 0 Å². The molecule has 0 aliphatic rings. The van der Waals surface area contributed by atoms with Gasteiger partial charge in [0.2, 0.25) is 0 Å². The highest BCUT2D eigenvalue weighted by atomic mass is 79.9. The Bertz CT molecular complexity index is 720. The van der Waals surface area contributed by atoms with Crippen LogP contribution in [0.25, 0.3) is 0 Å². The minimum Gasteiger partial charge on any atom is -0.334 e. The predicted octanol–water partition coefficient (Wildman–Crippen LogP) is 1.47. The van der Waals surface area contributed by atoms with Gasteiger partial charge in [0.05, 0.1) is 0 Å². The summed E-state index contributed by atoms with van der Waals surface area (Å²) >= 11 is 3.32. The fourth-order valence-corrected chi connectivity index (χ4v) is 2.18. The molecule has 2 rings (SSSR count). The maximum absolute atomic E-state index is 11.9. The summed E-state index contributed by atoms with van der Waals surface area (Å²) in [6, 6.07) is 4.64. The van der Waals surface area contributed by atoms with Gasteiger partial charge < -0.3 is 9.88 Å². The summed E-state index contributed by atoms with van der Waals surface area (Å²) in [7, 11) is 1.67. The Balaban J connectivity index is 2.42. The number of rotatable bonds is 3. The van der Waals surface area contributed by atoms with Gasteiger partial charge in [-0.3, -0.25) is 9.59 Å². The molecule has 6 nitrogen and oxygen atoms in total. The first-order valence-corrected chi connectivity index (χ1v) is 6.52. The van der Waals surface area contributed by atoms with Crippen molar-refractivity contribution in [3.63, 3.8) is 0 Å². The maximum Gasteiger partial charge on any atom is 0.274 e. The van der Waals surface area contributed by atoms with Crippen LogP contribution < -0.4 is 16.4 Å². The molecule has 1 N–H and O–H groups in total. The summed E-state index contributed by atoms with van der Waals surface area (Å²) < 4.78 is 3.56. The number of anilines is 2. The third-order valence-corrected chi connectivity index (χ3v) is 3.01. The van der Waals surface area contributed by atoms with E-state index in [0.29, 0.717) is 18.1 Å². The first-order valence-electron chi connectivity index (χ1n) is 5.72. The molecule has 100 valence electrons. The predicted molar refractivity (Wildman–Crippen MR) is 76.8 cm³/mol. The number of pyridine rings is 1. The molecule has 0 saturated carbocycles. The molecular weight excluding hydrogens is 312 g/mol. The zero-order chi connectivity index (χ0) is 14.0. The summed E-state index contributed by atoms with van der Waals surface area (Å²) in [5.41, 5.74) is 0.0557. The quantitative estimate of drug-likeness (QED) is 0.928. The molecule has 0 saturated heterocycles. The van der Waals surface area contributed by atoms with Crippen LogP contribution in [-0.2, 0) is 13.6 Å². The smallest absolute Gasteiger partial charge is 0.274 e. The second kappa shape index (κ2) is 5.40. The van der Waals surface area contributed by atoms with E-state index in [0.717, 1.165) is 4.47 Å². The number of nitrogens with zero attached hydrogens (tertiary/aromatic N) is 3. The number of halogens is 1. The van der Waals surface area contributed by atoms with Crippen molar-refractivity contribution < 1.29 is 0 Å². The lowest BCUT2D eigenvalue weighted by atomic mass is 10.4. The van der Waals surface area contributed by atoms with Crippen LogP contribution in [0, 0.1) is 0 Å². The van der Waals surface area contributed by atoms with Crippen molar-refractivity contribution in [3.8, 4) is 0 Å². The third kappa shape index (κ3) is 2.93. The lowest BCUT2D eigenvalue weighted by Gasteiger charge is -2.08. The van der Waals surface area contributed by atoms with E-state index in [2.05, 4.69) is 26.3 Å². The fraction of sp³-hybridized carbons (Fsp3) is 0.250. The number of hydrogen-bond donors (Lipinski definition) is 1. The minimum atomic E-state index is -0.171. The molecule has 0 aromatic carbocycles. The molecule has 19 heavy (non-hydrogen) atoms. The van der Waals surface area contributed by atoms with Gasteiger partial charge in [-0.2, -0.15) is 5.10 Å². The molecule has 0 atom stereocenters. The molecule has 0 radical (unpaired) electrons. The van der Waals surface area contributed by atoms with Crippen LogP contribution in [0.2, 0.25) is 0 Å². The van der Waals surface area contributed by atoms with Gasteiger partial charge in [0.25, 0.3) is 11.1 Å². The highest BCUT2D eigenvalue weighted by Gasteiger charge is 2.05. The Hall–Kier alpha value is -1.89. The molecule has 0 unspecified atom stereocenters. The first-order chi connectivity index (χ1) is 9.01. The number of aryl methyl sites for hydroxylation is 2. The molecular formula is C12H13BrN4O2. The lowest BCUT2D eigenvalue weighted by molar-refractivity contribution is 0.619. The van der Waals surface area contributed by atoms with Crippen LogP contribution in [0.15, 0.2) is 38.5 Å². The average molecular weight is 325 g/mol. The Labute approximate surface area is 117 Å². The zero-order valence-corrected chi connectivity index (χ0v) is 12.1. The van der Waals surface area contributed by atoms with Gasteiger partial charge in [-0.05, 0) is 35.0 Å². The summed E-state index contributed by atoms with van der Waals surface area (Å²) in [5.74, 6) is 0.455. The zero-order valence-electron chi connectivity index (χ0n) is 10.6. The molecule has 2 aromatic heterocycles. The van der Waals surface area contributed by atoms with Crippen LogP contribution in [0.5, 0.6) is 0 Å². The van der Waals surface area contributed by atoms with Crippen LogP contribution >= 0.6 is 15.9 Å². The SMILES string of the molecule is CCn1nc(Nc2cc(Br)cn(C)c2=O)ccc1=O. The van der Waals surface area contributed by atoms with Crippen molar-refractivity contribution in [3.05, 3.63) is 49.6 Å². The Morgan fingerprint density at radius 3 is 2.79 bits per heavy atom. The summed E-state index contributed by atoms with van der Waals surface area (Å²) in [6.07, 6.45) is 1.67. The fourth-order valence-electron chi connectivity index (χ4n) is 1.64.